The summed E-state index contributed by atoms with van der Waals surface area (Å²) in [6, 6.07) is 0. The van der Waals surface area contributed by atoms with E-state index in [1.807, 2.05) is 0 Å². The predicted molar refractivity (Wildman–Crippen MR) is 39.3 cm³/mol. The zero-order valence-corrected chi connectivity index (χ0v) is 7.69. The van der Waals surface area contributed by atoms with E-state index in [0.717, 1.165) is 0 Å². The molecule has 0 fully saturated rings. The fraction of sp³-hybridized carbons (Fsp3) is 1.00. The van der Waals surface area contributed by atoms with Gasteiger partial charge in [0.2, 0.25) is 0 Å². The van der Waals surface area contributed by atoms with E-state index in [-0.39, 0.29) is 10.8 Å². The lowest BCUT2D eigenvalue weighted by atomic mass is 10.6. The Labute approximate surface area is 74.0 Å². The lowest BCUT2D eigenvalue weighted by Gasteiger charge is -2.20. The summed E-state index contributed by atoms with van der Waals surface area (Å²) in [7, 11) is -5.28. The number of aliphatic hydroxyl groups is 1. The molecule has 0 aromatic heterocycles. The third-order valence-corrected chi connectivity index (χ3v) is 3.04. The van der Waals surface area contributed by atoms with Gasteiger partial charge in [0.05, 0.1) is 6.61 Å². The molecule has 0 saturated carbocycles. The molecule has 0 amide bonds. The molecule has 0 aliphatic carbocycles. The smallest absolute Gasteiger partial charge is 0.395 e. The minimum Gasteiger partial charge on any atom is -0.395 e. The van der Waals surface area contributed by atoms with Gasteiger partial charge in [-0.25, -0.2) is 8.42 Å². The first-order valence-electron chi connectivity index (χ1n) is 3.44. The van der Waals surface area contributed by atoms with Crippen molar-refractivity contribution in [2.75, 3.05) is 19.7 Å². The molecule has 0 saturated heterocycles. The molecule has 0 spiro atoms. The molecule has 0 unspecified atom stereocenters. The van der Waals surface area contributed by atoms with Gasteiger partial charge in [0.25, 0.3) is 0 Å². The fourth-order valence-electron chi connectivity index (χ4n) is 0.706. The van der Waals surface area contributed by atoms with Gasteiger partial charge in [-0.2, -0.15) is 17.5 Å². The van der Waals surface area contributed by atoms with Gasteiger partial charge in [0, 0.05) is 13.1 Å². The van der Waals surface area contributed by atoms with E-state index in [1.165, 1.54) is 6.92 Å². The Kier molecular flexibility index (Phi) is 4.14. The average molecular weight is 221 g/mol. The van der Waals surface area contributed by atoms with Gasteiger partial charge < -0.3 is 5.11 Å². The van der Waals surface area contributed by atoms with Crippen LogP contribution in [0.4, 0.5) is 13.2 Å². The molecule has 8 heteroatoms. The molecule has 0 heterocycles. The molecule has 0 atom stereocenters. The summed E-state index contributed by atoms with van der Waals surface area (Å²) in [6.45, 7) is -0.233. The molecule has 80 valence electrons. The Morgan fingerprint density at radius 2 is 1.85 bits per heavy atom. The second-order valence-electron chi connectivity index (χ2n) is 2.17. The summed E-state index contributed by atoms with van der Waals surface area (Å²) in [5.41, 5.74) is -5.29. The molecule has 0 aliphatic heterocycles. The molecular weight excluding hydrogens is 211 g/mol. The predicted octanol–water partition coefficient (Wildman–Crippen LogP) is 0.150. The molecule has 4 nitrogen and oxygen atoms in total. The van der Waals surface area contributed by atoms with E-state index in [0.29, 0.717) is 0 Å². The van der Waals surface area contributed by atoms with Crippen LogP contribution in [0.25, 0.3) is 0 Å². The molecule has 0 aromatic rings. The number of rotatable bonds is 4. The highest BCUT2D eigenvalue weighted by atomic mass is 32.2. The number of hydrogen-bond donors (Lipinski definition) is 1. The van der Waals surface area contributed by atoms with Gasteiger partial charge in [-0.05, 0) is 0 Å². The van der Waals surface area contributed by atoms with Gasteiger partial charge in [0.1, 0.15) is 0 Å². The van der Waals surface area contributed by atoms with E-state index < -0.39 is 28.7 Å². The first-order valence-corrected chi connectivity index (χ1v) is 4.88. The van der Waals surface area contributed by atoms with Crippen molar-refractivity contribution in [2.24, 2.45) is 0 Å². The Bertz CT molecular complexity index is 248. The first kappa shape index (κ1) is 12.7. The van der Waals surface area contributed by atoms with Crippen molar-refractivity contribution < 1.29 is 26.7 Å². The molecule has 0 aliphatic rings. The SMILES string of the molecule is CCN(CCO)S(=O)(=O)C(F)(F)F. The van der Waals surface area contributed by atoms with Crippen molar-refractivity contribution in [1.82, 2.24) is 4.31 Å². The zero-order valence-electron chi connectivity index (χ0n) is 6.87. The van der Waals surface area contributed by atoms with Crippen LogP contribution in [0, 0.1) is 0 Å². The second-order valence-corrected chi connectivity index (χ2v) is 4.10. The Hall–Kier alpha value is -0.340. The Balaban J connectivity index is 4.80. The highest BCUT2D eigenvalue weighted by molar-refractivity contribution is 7.89. The van der Waals surface area contributed by atoms with Gasteiger partial charge in [0.15, 0.2) is 0 Å². The van der Waals surface area contributed by atoms with Crippen LogP contribution in [0.2, 0.25) is 0 Å². The van der Waals surface area contributed by atoms with Crippen molar-refractivity contribution in [3.8, 4) is 0 Å². The third-order valence-electron chi connectivity index (χ3n) is 1.33. The summed E-state index contributed by atoms with van der Waals surface area (Å²) in [4.78, 5) is 0. The van der Waals surface area contributed by atoms with Crippen molar-refractivity contribution in [3.63, 3.8) is 0 Å². The maximum absolute atomic E-state index is 11.9. The molecule has 1 N–H and O–H groups in total. The van der Waals surface area contributed by atoms with Crippen LogP contribution in [0.3, 0.4) is 0 Å². The molecule has 0 bridgehead atoms. The van der Waals surface area contributed by atoms with Gasteiger partial charge in [-0.1, -0.05) is 6.92 Å². The van der Waals surface area contributed by atoms with E-state index in [9.17, 15) is 21.6 Å². The van der Waals surface area contributed by atoms with Crippen LogP contribution in [0.15, 0.2) is 0 Å². The quantitative estimate of drug-likeness (QED) is 0.735. The summed E-state index contributed by atoms with van der Waals surface area (Å²) >= 11 is 0. The van der Waals surface area contributed by atoms with Crippen molar-refractivity contribution >= 4 is 10.0 Å². The Morgan fingerprint density at radius 3 is 2.08 bits per heavy atom. The molecular formula is C5H10F3NO3S. The van der Waals surface area contributed by atoms with Crippen LogP contribution in [-0.2, 0) is 10.0 Å². The number of sulfonamides is 1. The topological polar surface area (TPSA) is 57.6 Å². The van der Waals surface area contributed by atoms with Gasteiger partial charge in [-0.15, -0.1) is 0 Å². The number of alkyl halides is 3. The van der Waals surface area contributed by atoms with Gasteiger partial charge >= 0.3 is 15.5 Å². The monoisotopic (exact) mass is 221 g/mol. The standard InChI is InChI=1S/C5H10F3NO3S/c1-2-9(3-4-10)13(11,12)5(6,7)8/h10H,2-4H2,1H3. The third kappa shape index (κ3) is 2.82. The minimum absolute atomic E-state index is 0.174. The molecule has 13 heavy (non-hydrogen) atoms. The van der Waals surface area contributed by atoms with E-state index in [2.05, 4.69) is 0 Å². The van der Waals surface area contributed by atoms with Crippen LogP contribution < -0.4 is 0 Å². The lowest BCUT2D eigenvalue weighted by molar-refractivity contribution is -0.0490. The van der Waals surface area contributed by atoms with Crippen molar-refractivity contribution in [1.29, 1.82) is 0 Å². The Morgan fingerprint density at radius 1 is 1.38 bits per heavy atom. The average Bonchev–Trinajstić information content (AvgIpc) is 1.97. The van der Waals surface area contributed by atoms with E-state index in [1.54, 1.807) is 0 Å². The summed E-state index contributed by atoms with van der Waals surface area (Å²) in [5, 5.41) is 8.32. The number of nitrogens with zero attached hydrogens (tertiary/aromatic N) is 1. The molecule has 0 aromatic carbocycles. The maximum Gasteiger partial charge on any atom is 0.511 e. The van der Waals surface area contributed by atoms with E-state index in [4.69, 9.17) is 5.11 Å². The first-order chi connectivity index (χ1) is 5.77. The van der Waals surface area contributed by atoms with Crippen LogP contribution in [0.1, 0.15) is 6.92 Å². The highest BCUT2D eigenvalue weighted by Gasteiger charge is 2.49. The summed E-state index contributed by atoms with van der Waals surface area (Å²) in [5.74, 6) is 0. The lowest BCUT2D eigenvalue weighted by Crippen LogP contribution is -2.41. The van der Waals surface area contributed by atoms with Crippen LogP contribution in [-0.4, -0.2) is 43.0 Å². The van der Waals surface area contributed by atoms with E-state index >= 15 is 0 Å². The van der Waals surface area contributed by atoms with Crippen LogP contribution >= 0.6 is 0 Å². The maximum atomic E-state index is 11.9. The normalized spacial score (nSPS) is 13.7. The number of halogens is 3. The molecule has 0 rings (SSSR count). The molecule has 0 radical (unpaired) electrons. The van der Waals surface area contributed by atoms with Crippen molar-refractivity contribution in [2.45, 2.75) is 12.4 Å². The minimum atomic E-state index is -5.29. The largest absolute Gasteiger partial charge is 0.511 e. The van der Waals surface area contributed by atoms with Crippen molar-refractivity contribution in [3.05, 3.63) is 0 Å². The zero-order chi connectivity index (χ0) is 10.7. The van der Waals surface area contributed by atoms with Crippen LogP contribution in [0.5, 0.6) is 0 Å². The highest BCUT2D eigenvalue weighted by Crippen LogP contribution is 2.26. The summed E-state index contributed by atoms with van der Waals surface area (Å²) < 4.78 is 57.1. The fourth-order valence-corrected chi connectivity index (χ4v) is 1.66. The van der Waals surface area contributed by atoms with Gasteiger partial charge in [-0.3, -0.25) is 0 Å². The number of likely N-dealkylation sites (N-methyl/N-ethyl adjacent to an activating group) is 1. The number of hydrogen-bond acceptors (Lipinski definition) is 3. The summed E-state index contributed by atoms with van der Waals surface area (Å²) in [6.07, 6.45) is 0. The number of aliphatic hydroxyl groups excluding tert-OH is 1. The second kappa shape index (κ2) is 4.25.